The van der Waals surface area contributed by atoms with Gasteiger partial charge in [-0.05, 0) is 18.2 Å². The Hall–Kier alpha value is -1.79. The summed E-state index contributed by atoms with van der Waals surface area (Å²) in [5.41, 5.74) is 7.71. The molecule has 0 radical (unpaired) electrons. The molecule has 0 aliphatic rings. The smallest absolute Gasteiger partial charge is 0.253 e. The van der Waals surface area contributed by atoms with Crippen molar-refractivity contribution in [1.82, 2.24) is 4.90 Å². The Labute approximate surface area is 113 Å². The van der Waals surface area contributed by atoms with Crippen molar-refractivity contribution in [3.63, 3.8) is 0 Å². The van der Waals surface area contributed by atoms with E-state index in [-0.39, 0.29) is 12.5 Å². The van der Waals surface area contributed by atoms with E-state index in [0.717, 1.165) is 0 Å². The van der Waals surface area contributed by atoms with Crippen molar-refractivity contribution in [2.75, 3.05) is 51.5 Å². The normalized spacial score (nSPS) is 10.3. The van der Waals surface area contributed by atoms with Gasteiger partial charge in [-0.2, -0.15) is 0 Å². The summed E-state index contributed by atoms with van der Waals surface area (Å²) in [5.74, 6) is -0.0698. The lowest BCUT2D eigenvalue weighted by Crippen LogP contribution is -2.22. The zero-order valence-electron chi connectivity index (χ0n) is 11.3. The Morgan fingerprint density at radius 2 is 2.16 bits per heavy atom. The highest BCUT2D eigenvalue weighted by Crippen LogP contribution is 2.20. The molecule has 0 aliphatic carbocycles. The zero-order chi connectivity index (χ0) is 14.3. The van der Waals surface area contributed by atoms with Gasteiger partial charge in [0.1, 0.15) is 0 Å². The Morgan fingerprint density at radius 3 is 2.79 bits per heavy atom. The van der Waals surface area contributed by atoms with Crippen LogP contribution < -0.4 is 11.1 Å². The predicted octanol–water partition coefficient (Wildman–Crippen LogP) is 0.391. The highest BCUT2D eigenvalue weighted by Gasteiger charge is 2.09. The molecule has 0 atom stereocenters. The number of ether oxygens (including phenoxy) is 1. The fourth-order valence-corrected chi connectivity index (χ4v) is 1.53. The molecule has 0 bridgehead atoms. The lowest BCUT2D eigenvalue weighted by atomic mass is 10.1. The summed E-state index contributed by atoms with van der Waals surface area (Å²) >= 11 is 0. The molecule has 106 valence electrons. The number of nitrogens with two attached hydrogens (primary N) is 1. The Balaban J connectivity index is 2.62. The summed E-state index contributed by atoms with van der Waals surface area (Å²) in [7, 11) is 3.41. The molecule has 0 saturated heterocycles. The molecule has 0 heterocycles. The zero-order valence-corrected chi connectivity index (χ0v) is 11.3. The van der Waals surface area contributed by atoms with E-state index < -0.39 is 0 Å². The van der Waals surface area contributed by atoms with Crippen LogP contribution in [-0.4, -0.2) is 56.4 Å². The van der Waals surface area contributed by atoms with Gasteiger partial charge >= 0.3 is 0 Å². The van der Waals surface area contributed by atoms with Gasteiger partial charge in [0, 0.05) is 26.2 Å². The number of nitrogen functional groups attached to an aromatic ring is 1. The number of hydrogen-bond donors (Lipinski definition) is 3. The van der Waals surface area contributed by atoms with Crippen molar-refractivity contribution in [2.45, 2.75) is 0 Å². The first kappa shape index (κ1) is 15.3. The van der Waals surface area contributed by atoms with E-state index in [4.69, 9.17) is 15.6 Å². The third-order valence-electron chi connectivity index (χ3n) is 2.50. The van der Waals surface area contributed by atoms with E-state index in [9.17, 15) is 4.79 Å². The molecule has 0 unspecified atom stereocenters. The molecule has 4 N–H and O–H groups in total. The van der Waals surface area contributed by atoms with Gasteiger partial charge in [-0.25, -0.2) is 0 Å². The van der Waals surface area contributed by atoms with Gasteiger partial charge in [-0.1, -0.05) is 0 Å². The average molecular weight is 267 g/mol. The minimum absolute atomic E-state index is 0.00889. The van der Waals surface area contributed by atoms with Crippen LogP contribution in [0.5, 0.6) is 0 Å². The number of nitrogens with zero attached hydrogens (tertiary/aromatic N) is 1. The first-order valence-corrected chi connectivity index (χ1v) is 6.10. The second-order valence-electron chi connectivity index (χ2n) is 4.26. The number of nitrogens with one attached hydrogen (secondary N) is 1. The third-order valence-corrected chi connectivity index (χ3v) is 2.50. The van der Waals surface area contributed by atoms with Crippen LogP contribution in [-0.2, 0) is 4.74 Å². The van der Waals surface area contributed by atoms with E-state index in [1.165, 1.54) is 4.90 Å². The molecule has 6 heteroatoms. The fraction of sp³-hybridized carbons (Fsp3) is 0.462. The highest BCUT2D eigenvalue weighted by atomic mass is 16.5. The number of rotatable bonds is 7. The number of aliphatic hydroxyl groups excluding tert-OH is 1. The molecule has 6 nitrogen and oxygen atoms in total. The maximum absolute atomic E-state index is 11.8. The molecule has 1 amide bonds. The molecule has 0 spiro atoms. The quantitative estimate of drug-likeness (QED) is 0.491. The van der Waals surface area contributed by atoms with Crippen LogP contribution in [0.2, 0.25) is 0 Å². The first-order chi connectivity index (χ1) is 9.06. The second kappa shape index (κ2) is 7.60. The van der Waals surface area contributed by atoms with E-state index in [0.29, 0.717) is 36.7 Å². The number of amides is 1. The highest BCUT2D eigenvalue weighted by molar-refractivity contribution is 5.95. The van der Waals surface area contributed by atoms with E-state index in [1.807, 2.05) is 0 Å². The summed E-state index contributed by atoms with van der Waals surface area (Å²) in [6, 6.07) is 5.13. The van der Waals surface area contributed by atoms with Gasteiger partial charge in [-0.15, -0.1) is 0 Å². The number of carbonyl (C=O) groups is 1. The van der Waals surface area contributed by atoms with Crippen molar-refractivity contribution in [2.24, 2.45) is 0 Å². The molecule has 0 saturated carbocycles. The number of hydrogen-bond acceptors (Lipinski definition) is 5. The lowest BCUT2D eigenvalue weighted by molar-refractivity contribution is 0.0827. The summed E-state index contributed by atoms with van der Waals surface area (Å²) < 4.78 is 5.13. The minimum Gasteiger partial charge on any atom is -0.397 e. The first-order valence-electron chi connectivity index (χ1n) is 6.10. The van der Waals surface area contributed by atoms with Crippen LogP contribution in [0.4, 0.5) is 11.4 Å². The largest absolute Gasteiger partial charge is 0.397 e. The average Bonchev–Trinajstić information content (AvgIpc) is 2.39. The molecule has 1 aromatic rings. The van der Waals surface area contributed by atoms with E-state index in [2.05, 4.69) is 5.32 Å². The molecule has 0 aromatic heterocycles. The SMILES string of the molecule is CN(C)C(=O)c1ccc(N)c(NCCOCCO)c1. The summed E-state index contributed by atoms with van der Waals surface area (Å²) in [6.07, 6.45) is 0. The molecule has 19 heavy (non-hydrogen) atoms. The number of carbonyl (C=O) groups excluding carboxylic acids is 1. The topological polar surface area (TPSA) is 87.8 Å². The van der Waals surface area contributed by atoms with Gasteiger partial charge in [0.2, 0.25) is 0 Å². The van der Waals surface area contributed by atoms with E-state index >= 15 is 0 Å². The van der Waals surface area contributed by atoms with Crippen LogP contribution in [0.3, 0.4) is 0 Å². The van der Waals surface area contributed by atoms with E-state index in [1.54, 1.807) is 32.3 Å². The Kier molecular flexibility index (Phi) is 6.11. The summed E-state index contributed by atoms with van der Waals surface area (Å²) in [5, 5.41) is 11.7. The van der Waals surface area contributed by atoms with Gasteiger partial charge in [0.05, 0.1) is 31.2 Å². The van der Waals surface area contributed by atoms with Gasteiger partial charge in [0.25, 0.3) is 5.91 Å². The molecular formula is C13H21N3O3. The monoisotopic (exact) mass is 267 g/mol. The Morgan fingerprint density at radius 1 is 1.42 bits per heavy atom. The van der Waals surface area contributed by atoms with Crippen LogP contribution in [0, 0.1) is 0 Å². The van der Waals surface area contributed by atoms with Crippen LogP contribution >= 0.6 is 0 Å². The molecular weight excluding hydrogens is 246 g/mol. The van der Waals surface area contributed by atoms with Gasteiger partial charge < -0.3 is 25.8 Å². The van der Waals surface area contributed by atoms with Crippen molar-refractivity contribution in [3.05, 3.63) is 23.8 Å². The summed E-state index contributed by atoms with van der Waals surface area (Å²) in [4.78, 5) is 13.3. The van der Waals surface area contributed by atoms with Crippen molar-refractivity contribution in [3.8, 4) is 0 Å². The number of aliphatic hydroxyl groups is 1. The van der Waals surface area contributed by atoms with Crippen LogP contribution in [0.25, 0.3) is 0 Å². The van der Waals surface area contributed by atoms with Crippen LogP contribution in [0.15, 0.2) is 18.2 Å². The summed E-state index contributed by atoms with van der Waals surface area (Å²) in [6.45, 7) is 1.35. The van der Waals surface area contributed by atoms with Crippen molar-refractivity contribution < 1.29 is 14.6 Å². The fourth-order valence-electron chi connectivity index (χ4n) is 1.53. The van der Waals surface area contributed by atoms with Gasteiger partial charge in [-0.3, -0.25) is 4.79 Å². The maximum Gasteiger partial charge on any atom is 0.253 e. The number of benzene rings is 1. The minimum atomic E-state index is -0.0698. The molecule has 1 rings (SSSR count). The lowest BCUT2D eigenvalue weighted by Gasteiger charge is -2.14. The van der Waals surface area contributed by atoms with Crippen molar-refractivity contribution in [1.29, 1.82) is 0 Å². The standard InChI is InChI=1S/C13H21N3O3/c1-16(2)13(18)10-3-4-11(14)12(9-10)15-5-7-19-8-6-17/h3-4,9,15,17H,5-8,14H2,1-2H3. The van der Waals surface area contributed by atoms with Crippen molar-refractivity contribution >= 4 is 17.3 Å². The predicted molar refractivity (Wildman–Crippen MR) is 75.3 cm³/mol. The molecule has 0 aliphatic heterocycles. The third kappa shape index (κ3) is 4.76. The second-order valence-corrected chi connectivity index (χ2v) is 4.26. The molecule has 1 aromatic carbocycles. The maximum atomic E-state index is 11.8. The van der Waals surface area contributed by atoms with Gasteiger partial charge in [0.15, 0.2) is 0 Å². The Bertz CT molecular complexity index is 422. The van der Waals surface area contributed by atoms with Crippen LogP contribution in [0.1, 0.15) is 10.4 Å². The molecule has 0 fully saturated rings. The number of anilines is 2.